The molecular weight excluding hydrogens is 342 g/mol. The summed E-state index contributed by atoms with van der Waals surface area (Å²) in [5.41, 5.74) is 4.49. The van der Waals surface area contributed by atoms with Gasteiger partial charge < -0.3 is 9.47 Å². The molecule has 1 aromatic heterocycles. The van der Waals surface area contributed by atoms with Crippen LogP contribution in [0.25, 0.3) is 0 Å². The Morgan fingerprint density at radius 2 is 1.59 bits per heavy atom. The molecule has 1 N–H and O–H groups in total. The molecule has 0 saturated heterocycles. The standard InChI is InChI=1S/C21H19N3O3/c1-26-19-9-5-6-10-20(19)27-15-18(16-7-3-2-4-8-16)23-24-21(25)17-11-13-22-14-12-17/h2-14H,15H2,1H3,(H,24,25)/b23-18-. The number of amides is 1. The second-order valence-electron chi connectivity index (χ2n) is 5.54. The van der Waals surface area contributed by atoms with Crippen LogP contribution in [0.15, 0.2) is 84.2 Å². The lowest BCUT2D eigenvalue weighted by atomic mass is 10.1. The third kappa shape index (κ3) is 4.92. The average Bonchev–Trinajstić information content (AvgIpc) is 2.75. The van der Waals surface area contributed by atoms with Gasteiger partial charge in [-0.2, -0.15) is 5.10 Å². The van der Waals surface area contributed by atoms with E-state index in [-0.39, 0.29) is 12.5 Å². The maximum atomic E-state index is 12.2. The highest BCUT2D eigenvalue weighted by Gasteiger charge is 2.10. The summed E-state index contributed by atoms with van der Waals surface area (Å²) in [6.45, 7) is 0.168. The van der Waals surface area contributed by atoms with E-state index >= 15 is 0 Å². The predicted molar refractivity (Wildman–Crippen MR) is 103 cm³/mol. The molecule has 3 aromatic rings. The molecule has 0 radical (unpaired) electrons. The van der Waals surface area contributed by atoms with Crippen molar-refractivity contribution in [3.8, 4) is 11.5 Å². The van der Waals surface area contributed by atoms with Gasteiger partial charge in [-0.05, 0) is 24.3 Å². The molecule has 6 heteroatoms. The first-order valence-electron chi connectivity index (χ1n) is 8.36. The lowest BCUT2D eigenvalue weighted by molar-refractivity contribution is 0.0954. The van der Waals surface area contributed by atoms with E-state index in [1.807, 2.05) is 54.6 Å². The van der Waals surface area contributed by atoms with E-state index in [0.29, 0.717) is 22.8 Å². The number of carbonyl (C=O) groups excluding carboxylic acids is 1. The van der Waals surface area contributed by atoms with Crippen molar-refractivity contribution in [2.24, 2.45) is 5.10 Å². The Hall–Kier alpha value is -3.67. The molecule has 136 valence electrons. The van der Waals surface area contributed by atoms with Gasteiger partial charge in [0.05, 0.1) is 7.11 Å². The number of benzene rings is 2. The molecular formula is C21H19N3O3. The van der Waals surface area contributed by atoms with E-state index in [9.17, 15) is 4.79 Å². The van der Waals surface area contributed by atoms with Crippen molar-refractivity contribution in [1.29, 1.82) is 0 Å². The van der Waals surface area contributed by atoms with Gasteiger partial charge in [-0.15, -0.1) is 0 Å². The summed E-state index contributed by atoms with van der Waals surface area (Å²) in [6, 6.07) is 20.1. The van der Waals surface area contributed by atoms with Gasteiger partial charge in [-0.1, -0.05) is 42.5 Å². The molecule has 6 nitrogen and oxygen atoms in total. The fraction of sp³-hybridized carbons (Fsp3) is 0.0952. The van der Waals surface area contributed by atoms with Crippen LogP contribution in [-0.4, -0.2) is 30.3 Å². The number of methoxy groups -OCH3 is 1. The molecule has 0 aliphatic rings. The van der Waals surface area contributed by atoms with Gasteiger partial charge in [0.2, 0.25) is 0 Å². The van der Waals surface area contributed by atoms with Gasteiger partial charge in [-0.25, -0.2) is 5.43 Å². The highest BCUT2D eigenvalue weighted by Crippen LogP contribution is 2.25. The Bertz CT molecular complexity index is 912. The minimum absolute atomic E-state index is 0.168. The van der Waals surface area contributed by atoms with Crippen molar-refractivity contribution in [2.45, 2.75) is 0 Å². The molecule has 1 amide bonds. The summed E-state index contributed by atoms with van der Waals surface area (Å²) >= 11 is 0. The molecule has 2 aromatic carbocycles. The van der Waals surface area contributed by atoms with Crippen LogP contribution in [-0.2, 0) is 0 Å². The van der Waals surface area contributed by atoms with Crippen LogP contribution in [0.4, 0.5) is 0 Å². The minimum atomic E-state index is -0.317. The first-order chi connectivity index (χ1) is 13.3. The fourth-order valence-electron chi connectivity index (χ4n) is 2.38. The number of carbonyl (C=O) groups is 1. The number of ether oxygens (including phenoxy) is 2. The minimum Gasteiger partial charge on any atom is -0.493 e. The molecule has 0 atom stereocenters. The van der Waals surface area contributed by atoms with Crippen LogP contribution in [0.3, 0.4) is 0 Å². The Labute approximate surface area is 157 Å². The summed E-state index contributed by atoms with van der Waals surface area (Å²) in [6.07, 6.45) is 3.11. The predicted octanol–water partition coefficient (Wildman–Crippen LogP) is 3.30. The van der Waals surface area contributed by atoms with Crippen LogP contribution in [0.5, 0.6) is 11.5 Å². The summed E-state index contributed by atoms with van der Waals surface area (Å²) in [5.74, 6) is 0.915. The van der Waals surface area contributed by atoms with E-state index in [0.717, 1.165) is 5.56 Å². The molecule has 1 heterocycles. The number of hydrogen-bond acceptors (Lipinski definition) is 5. The summed E-state index contributed by atoms with van der Waals surface area (Å²) in [5, 5.41) is 4.27. The molecule has 3 rings (SSSR count). The van der Waals surface area contributed by atoms with E-state index in [1.165, 1.54) is 0 Å². The van der Waals surface area contributed by atoms with E-state index < -0.39 is 0 Å². The van der Waals surface area contributed by atoms with Gasteiger partial charge in [0.25, 0.3) is 5.91 Å². The normalized spacial score (nSPS) is 10.9. The van der Waals surface area contributed by atoms with Crippen LogP contribution >= 0.6 is 0 Å². The van der Waals surface area contributed by atoms with Crippen molar-refractivity contribution in [1.82, 2.24) is 10.4 Å². The maximum Gasteiger partial charge on any atom is 0.271 e. The van der Waals surface area contributed by atoms with Gasteiger partial charge in [0, 0.05) is 23.5 Å². The number of para-hydroxylation sites is 2. The summed E-state index contributed by atoms with van der Waals surface area (Å²) < 4.78 is 11.2. The zero-order chi connectivity index (χ0) is 18.9. The Morgan fingerprint density at radius 1 is 0.926 bits per heavy atom. The number of pyridine rings is 1. The summed E-state index contributed by atoms with van der Waals surface area (Å²) in [4.78, 5) is 16.2. The molecule has 0 aliphatic heterocycles. The van der Waals surface area contributed by atoms with Crippen molar-refractivity contribution < 1.29 is 14.3 Å². The number of aromatic nitrogens is 1. The third-order valence-corrected chi connectivity index (χ3v) is 3.78. The number of rotatable bonds is 7. The number of nitrogens with one attached hydrogen (secondary N) is 1. The van der Waals surface area contributed by atoms with E-state index in [4.69, 9.17) is 9.47 Å². The van der Waals surface area contributed by atoms with Crippen molar-refractivity contribution in [3.63, 3.8) is 0 Å². The second kappa shape index (κ2) is 9.15. The number of hydrazone groups is 1. The smallest absolute Gasteiger partial charge is 0.271 e. The number of hydrogen-bond donors (Lipinski definition) is 1. The monoisotopic (exact) mass is 361 g/mol. The van der Waals surface area contributed by atoms with Crippen molar-refractivity contribution in [2.75, 3.05) is 13.7 Å². The van der Waals surface area contributed by atoms with Gasteiger partial charge in [-0.3, -0.25) is 9.78 Å². The van der Waals surface area contributed by atoms with Crippen LogP contribution in [0.2, 0.25) is 0 Å². The number of nitrogens with zero attached hydrogens (tertiary/aromatic N) is 2. The topological polar surface area (TPSA) is 72.8 Å². The van der Waals surface area contributed by atoms with E-state index in [2.05, 4.69) is 15.5 Å². The van der Waals surface area contributed by atoms with Gasteiger partial charge in [0.1, 0.15) is 12.3 Å². The van der Waals surface area contributed by atoms with Crippen molar-refractivity contribution >= 4 is 11.6 Å². The van der Waals surface area contributed by atoms with Gasteiger partial charge >= 0.3 is 0 Å². The highest BCUT2D eigenvalue weighted by atomic mass is 16.5. The molecule has 0 fully saturated rings. The first kappa shape index (κ1) is 18.1. The van der Waals surface area contributed by atoms with Crippen LogP contribution in [0, 0.1) is 0 Å². The third-order valence-electron chi connectivity index (χ3n) is 3.78. The lowest BCUT2D eigenvalue weighted by Gasteiger charge is -2.12. The average molecular weight is 361 g/mol. The molecule has 0 aliphatic carbocycles. The second-order valence-corrected chi connectivity index (χ2v) is 5.54. The zero-order valence-electron chi connectivity index (χ0n) is 14.8. The zero-order valence-corrected chi connectivity index (χ0v) is 14.8. The van der Waals surface area contributed by atoms with Crippen LogP contribution < -0.4 is 14.9 Å². The Balaban J connectivity index is 1.78. The van der Waals surface area contributed by atoms with Crippen LogP contribution in [0.1, 0.15) is 15.9 Å². The first-order valence-corrected chi connectivity index (χ1v) is 8.36. The fourth-order valence-corrected chi connectivity index (χ4v) is 2.38. The Morgan fingerprint density at radius 3 is 2.30 bits per heavy atom. The molecule has 0 unspecified atom stereocenters. The molecule has 0 saturated carbocycles. The maximum absolute atomic E-state index is 12.2. The SMILES string of the molecule is COc1ccccc1OC/C(=N/NC(=O)c1ccncc1)c1ccccc1. The van der Waals surface area contributed by atoms with E-state index in [1.54, 1.807) is 31.6 Å². The molecule has 0 spiro atoms. The highest BCUT2D eigenvalue weighted by molar-refractivity contribution is 6.03. The van der Waals surface area contributed by atoms with Crippen molar-refractivity contribution in [3.05, 3.63) is 90.3 Å². The Kier molecular flexibility index (Phi) is 6.14. The quantitative estimate of drug-likeness (QED) is 0.518. The molecule has 27 heavy (non-hydrogen) atoms. The lowest BCUT2D eigenvalue weighted by Crippen LogP contribution is -2.23. The summed E-state index contributed by atoms with van der Waals surface area (Å²) in [7, 11) is 1.59. The molecule has 0 bridgehead atoms. The largest absolute Gasteiger partial charge is 0.493 e. The van der Waals surface area contributed by atoms with Gasteiger partial charge in [0.15, 0.2) is 11.5 Å².